The molecule has 3 nitrogen and oxygen atoms in total. The average molecular weight is 275 g/mol. The maximum absolute atomic E-state index is 5.81. The zero-order valence-corrected chi connectivity index (χ0v) is 12.6. The van der Waals surface area contributed by atoms with E-state index in [1.54, 1.807) is 0 Å². The van der Waals surface area contributed by atoms with Gasteiger partial charge < -0.3 is 9.47 Å². The van der Waals surface area contributed by atoms with Gasteiger partial charge in [0.05, 0.1) is 13.2 Å². The number of nitrogens with zero attached hydrogens (tertiary/aromatic N) is 1. The molecule has 0 atom stereocenters. The van der Waals surface area contributed by atoms with E-state index in [2.05, 4.69) is 43.1 Å². The van der Waals surface area contributed by atoms with Gasteiger partial charge in [-0.25, -0.2) is 0 Å². The van der Waals surface area contributed by atoms with Gasteiger partial charge in [-0.2, -0.15) is 0 Å². The van der Waals surface area contributed by atoms with Crippen LogP contribution in [0, 0.1) is 6.92 Å². The summed E-state index contributed by atoms with van der Waals surface area (Å²) in [4.78, 5) is 2.49. The number of hydrogen-bond acceptors (Lipinski definition) is 3. The van der Waals surface area contributed by atoms with Gasteiger partial charge >= 0.3 is 0 Å². The minimum Gasteiger partial charge on any atom is -0.348 e. The summed E-state index contributed by atoms with van der Waals surface area (Å²) in [5, 5.41) is 0. The van der Waals surface area contributed by atoms with Crippen molar-refractivity contribution in [2.45, 2.75) is 51.0 Å². The largest absolute Gasteiger partial charge is 0.348 e. The summed E-state index contributed by atoms with van der Waals surface area (Å²) in [7, 11) is 2.24. The van der Waals surface area contributed by atoms with Crippen LogP contribution in [-0.4, -0.2) is 37.0 Å². The van der Waals surface area contributed by atoms with Crippen LogP contribution in [0.4, 0.5) is 0 Å². The molecule has 0 N–H and O–H groups in total. The first-order valence-electron chi connectivity index (χ1n) is 7.71. The monoisotopic (exact) mass is 275 g/mol. The molecule has 0 aromatic heterocycles. The van der Waals surface area contributed by atoms with Gasteiger partial charge in [0.15, 0.2) is 5.79 Å². The Hall–Kier alpha value is -0.900. The molecule has 1 heterocycles. The fraction of sp³-hybridized carbons (Fsp3) is 0.647. The lowest BCUT2D eigenvalue weighted by molar-refractivity contribution is -0.183. The molecule has 3 heteroatoms. The lowest BCUT2D eigenvalue weighted by atomic mass is 9.89. The highest BCUT2D eigenvalue weighted by molar-refractivity contribution is 5.25. The molecule has 0 amide bonds. The van der Waals surface area contributed by atoms with Crippen LogP contribution in [0.5, 0.6) is 0 Å². The van der Waals surface area contributed by atoms with Crippen molar-refractivity contribution in [3.8, 4) is 0 Å². The SMILES string of the molecule is Cc1ccccc1CN(C)C1CCC2(CC1)OCCO2. The lowest BCUT2D eigenvalue weighted by Crippen LogP contribution is -2.42. The zero-order valence-electron chi connectivity index (χ0n) is 12.6. The molecule has 1 saturated carbocycles. The van der Waals surface area contributed by atoms with E-state index in [1.165, 1.54) is 24.0 Å². The zero-order chi connectivity index (χ0) is 14.0. The normalized spacial score (nSPS) is 22.8. The van der Waals surface area contributed by atoms with Crippen LogP contribution in [0.2, 0.25) is 0 Å². The Kier molecular flexibility index (Phi) is 4.11. The number of aryl methyl sites for hydroxylation is 1. The predicted molar refractivity (Wildman–Crippen MR) is 79.5 cm³/mol. The maximum Gasteiger partial charge on any atom is 0.168 e. The molecular formula is C17H25NO2. The average Bonchev–Trinajstić information content (AvgIpc) is 2.90. The van der Waals surface area contributed by atoms with Crippen molar-refractivity contribution in [2.75, 3.05) is 20.3 Å². The van der Waals surface area contributed by atoms with E-state index in [-0.39, 0.29) is 5.79 Å². The molecule has 1 aliphatic carbocycles. The molecule has 0 bridgehead atoms. The van der Waals surface area contributed by atoms with Crippen LogP contribution in [0.25, 0.3) is 0 Å². The third-order valence-electron chi connectivity index (χ3n) is 4.83. The van der Waals surface area contributed by atoms with Crippen molar-refractivity contribution >= 4 is 0 Å². The molecule has 1 saturated heterocycles. The number of benzene rings is 1. The van der Waals surface area contributed by atoms with Crippen LogP contribution in [0.3, 0.4) is 0 Å². The Morgan fingerprint density at radius 1 is 1.15 bits per heavy atom. The molecule has 1 aliphatic heterocycles. The van der Waals surface area contributed by atoms with Crippen molar-refractivity contribution < 1.29 is 9.47 Å². The molecule has 2 aliphatic rings. The second-order valence-corrected chi connectivity index (χ2v) is 6.18. The molecule has 0 radical (unpaired) electrons. The minimum atomic E-state index is -0.236. The minimum absolute atomic E-state index is 0.236. The van der Waals surface area contributed by atoms with Crippen molar-refractivity contribution in [1.29, 1.82) is 0 Å². The van der Waals surface area contributed by atoms with E-state index < -0.39 is 0 Å². The van der Waals surface area contributed by atoms with E-state index in [1.807, 2.05) is 0 Å². The van der Waals surface area contributed by atoms with Crippen molar-refractivity contribution in [2.24, 2.45) is 0 Å². The Morgan fingerprint density at radius 3 is 2.45 bits per heavy atom. The lowest BCUT2D eigenvalue weighted by Gasteiger charge is -2.39. The smallest absolute Gasteiger partial charge is 0.168 e. The van der Waals surface area contributed by atoms with Crippen LogP contribution in [0.15, 0.2) is 24.3 Å². The van der Waals surface area contributed by atoms with Gasteiger partial charge in [0, 0.05) is 25.4 Å². The number of ether oxygens (including phenoxy) is 2. The summed E-state index contributed by atoms with van der Waals surface area (Å²) >= 11 is 0. The summed E-state index contributed by atoms with van der Waals surface area (Å²) < 4.78 is 11.6. The molecule has 1 spiro atoms. The first-order chi connectivity index (χ1) is 9.69. The van der Waals surface area contributed by atoms with Crippen molar-refractivity contribution in [1.82, 2.24) is 4.90 Å². The van der Waals surface area contributed by atoms with Gasteiger partial charge in [-0.15, -0.1) is 0 Å². The third-order valence-corrected chi connectivity index (χ3v) is 4.83. The van der Waals surface area contributed by atoms with E-state index in [4.69, 9.17) is 9.47 Å². The van der Waals surface area contributed by atoms with Crippen LogP contribution >= 0.6 is 0 Å². The third kappa shape index (κ3) is 2.90. The van der Waals surface area contributed by atoms with Gasteiger partial charge in [-0.1, -0.05) is 24.3 Å². The summed E-state index contributed by atoms with van der Waals surface area (Å²) in [6.45, 7) is 4.76. The Labute approximate surface area is 121 Å². The maximum atomic E-state index is 5.81. The topological polar surface area (TPSA) is 21.7 Å². The summed E-state index contributed by atoms with van der Waals surface area (Å²) in [6, 6.07) is 9.32. The highest BCUT2D eigenvalue weighted by atomic mass is 16.7. The molecule has 20 heavy (non-hydrogen) atoms. The first kappa shape index (κ1) is 14.1. The fourth-order valence-electron chi connectivity index (χ4n) is 3.45. The van der Waals surface area contributed by atoms with Gasteiger partial charge in [-0.3, -0.25) is 4.90 Å². The van der Waals surface area contributed by atoms with E-state index in [9.17, 15) is 0 Å². The van der Waals surface area contributed by atoms with Gasteiger partial charge in [0.1, 0.15) is 0 Å². The second-order valence-electron chi connectivity index (χ2n) is 6.18. The summed E-state index contributed by atoms with van der Waals surface area (Å²) in [6.07, 6.45) is 4.41. The molecular weight excluding hydrogens is 250 g/mol. The van der Waals surface area contributed by atoms with Crippen molar-refractivity contribution in [3.05, 3.63) is 35.4 Å². The predicted octanol–water partition coefficient (Wildman–Crippen LogP) is 3.11. The first-order valence-corrected chi connectivity index (χ1v) is 7.71. The fourth-order valence-corrected chi connectivity index (χ4v) is 3.45. The summed E-state index contributed by atoms with van der Waals surface area (Å²) in [5.74, 6) is -0.236. The second kappa shape index (κ2) is 5.84. The number of rotatable bonds is 3. The highest BCUT2D eigenvalue weighted by Gasteiger charge is 2.40. The van der Waals surface area contributed by atoms with E-state index in [0.717, 1.165) is 32.6 Å². The van der Waals surface area contributed by atoms with Gasteiger partial charge in [-0.05, 0) is 37.9 Å². The van der Waals surface area contributed by atoms with Crippen LogP contribution < -0.4 is 0 Å². The van der Waals surface area contributed by atoms with Crippen LogP contribution in [0.1, 0.15) is 36.8 Å². The quantitative estimate of drug-likeness (QED) is 0.846. The molecule has 110 valence electrons. The highest BCUT2D eigenvalue weighted by Crippen LogP contribution is 2.37. The Morgan fingerprint density at radius 2 is 1.80 bits per heavy atom. The molecule has 2 fully saturated rings. The number of hydrogen-bond donors (Lipinski definition) is 0. The van der Waals surface area contributed by atoms with Crippen LogP contribution in [-0.2, 0) is 16.0 Å². The molecule has 0 unspecified atom stereocenters. The Balaban J connectivity index is 1.56. The molecule has 1 aromatic rings. The Bertz CT molecular complexity index is 444. The van der Waals surface area contributed by atoms with E-state index >= 15 is 0 Å². The molecule has 3 rings (SSSR count). The van der Waals surface area contributed by atoms with Crippen molar-refractivity contribution in [3.63, 3.8) is 0 Å². The standard InChI is InChI=1S/C17H25NO2/c1-14-5-3-4-6-15(14)13-18(2)16-7-9-17(10-8-16)19-11-12-20-17/h3-6,16H,7-13H2,1-2H3. The van der Waals surface area contributed by atoms with Gasteiger partial charge in [0.2, 0.25) is 0 Å². The van der Waals surface area contributed by atoms with Gasteiger partial charge in [0.25, 0.3) is 0 Å². The summed E-state index contributed by atoms with van der Waals surface area (Å²) in [5.41, 5.74) is 2.82. The van der Waals surface area contributed by atoms with E-state index in [0.29, 0.717) is 6.04 Å². The molecule has 1 aromatic carbocycles.